The number of aryl methyl sites for hydroxylation is 1. The van der Waals surface area contributed by atoms with Gasteiger partial charge in [-0.25, -0.2) is 18.1 Å². The fourth-order valence-corrected chi connectivity index (χ4v) is 5.77. The number of aromatic nitrogens is 2. The van der Waals surface area contributed by atoms with Crippen molar-refractivity contribution in [3.05, 3.63) is 69.7 Å². The normalized spacial score (nSPS) is 16.8. The van der Waals surface area contributed by atoms with Crippen LogP contribution < -0.4 is 10.3 Å². The van der Waals surface area contributed by atoms with Crippen molar-refractivity contribution < 1.29 is 8.42 Å². The number of thioether (sulfide) groups is 1. The molecule has 2 heterocycles. The van der Waals surface area contributed by atoms with E-state index in [1.165, 1.54) is 10.9 Å². The molecule has 2 aromatic carbocycles. The fraction of sp³-hybridized carbons (Fsp3) is 0.263. The maximum atomic E-state index is 12.7. The molecule has 0 spiro atoms. The van der Waals surface area contributed by atoms with E-state index >= 15 is 0 Å². The number of fused-ring (bicyclic) bond motifs is 2. The summed E-state index contributed by atoms with van der Waals surface area (Å²) in [7, 11) is -3.59. The largest absolute Gasteiger partial charge is 0.298 e. The van der Waals surface area contributed by atoms with Crippen LogP contribution in [0.2, 0.25) is 5.02 Å². The Hall–Kier alpha value is -1.87. The van der Waals surface area contributed by atoms with Crippen LogP contribution in [0.4, 0.5) is 0 Å². The minimum absolute atomic E-state index is 0.0376. The van der Waals surface area contributed by atoms with Gasteiger partial charge < -0.3 is 0 Å². The summed E-state index contributed by atoms with van der Waals surface area (Å²) in [6, 6.07) is 12.2. The van der Waals surface area contributed by atoms with Crippen LogP contribution >= 0.6 is 23.4 Å². The lowest BCUT2D eigenvalue weighted by molar-refractivity contribution is 0.540. The third-order valence-electron chi connectivity index (χ3n) is 4.67. The van der Waals surface area contributed by atoms with E-state index in [4.69, 9.17) is 11.6 Å². The third-order valence-corrected chi connectivity index (χ3v) is 7.39. The fourth-order valence-electron chi connectivity index (χ4n) is 3.25. The SMILES string of the molecule is O=c1c2ccccc2ncn1CCS(=O)(=O)N[C@@H]1CCSc2ccc(Cl)cc21. The lowest BCUT2D eigenvalue weighted by Crippen LogP contribution is -2.35. The molecular weight excluding hydrogens is 418 g/mol. The molecule has 0 fully saturated rings. The molecule has 0 amide bonds. The minimum Gasteiger partial charge on any atom is -0.298 e. The van der Waals surface area contributed by atoms with Crippen LogP contribution in [-0.4, -0.2) is 29.5 Å². The Bertz CT molecular complexity index is 1190. The Kier molecular flexibility index (Phi) is 5.46. The quantitative estimate of drug-likeness (QED) is 0.665. The predicted molar refractivity (Wildman–Crippen MR) is 112 cm³/mol. The van der Waals surface area contributed by atoms with E-state index in [1.807, 2.05) is 18.2 Å². The number of rotatable bonds is 5. The lowest BCUT2D eigenvalue weighted by Gasteiger charge is -2.26. The van der Waals surface area contributed by atoms with Crippen LogP contribution in [0.5, 0.6) is 0 Å². The zero-order chi connectivity index (χ0) is 19.7. The Labute approximate surface area is 172 Å². The predicted octanol–water partition coefficient (Wildman–Crippen LogP) is 3.21. The average molecular weight is 436 g/mol. The maximum absolute atomic E-state index is 12.7. The first-order chi connectivity index (χ1) is 13.4. The summed E-state index contributed by atoms with van der Waals surface area (Å²) in [5.41, 5.74) is 1.25. The second kappa shape index (κ2) is 7.87. The Morgan fingerprint density at radius 1 is 1.25 bits per heavy atom. The van der Waals surface area contributed by atoms with Crippen molar-refractivity contribution in [1.29, 1.82) is 0 Å². The van der Waals surface area contributed by atoms with Crippen molar-refractivity contribution in [2.45, 2.75) is 23.9 Å². The number of sulfonamides is 1. The summed E-state index contributed by atoms with van der Waals surface area (Å²) >= 11 is 7.78. The van der Waals surface area contributed by atoms with Gasteiger partial charge in [0, 0.05) is 22.5 Å². The van der Waals surface area contributed by atoms with E-state index in [0.717, 1.165) is 16.2 Å². The molecule has 1 atom stereocenters. The Balaban J connectivity index is 1.51. The molecule has 0 bridgehead atoms. The molecule has 4 rings (SSSR count). The van der Waals surface area contributed by atoms with Crippen molar-refractivity contribution in [1.82, 2.24) is 14.3 Å². The Morgan fingerprint density at radius 3 is 2.93 bits per heavy atom. The number of para-hydroxylation sites is 1. The van der Waals surface area contributed by atoms with Crippen molar-refractivity contribution in [2.75, 3.05) is 11.5 Å². The zero-order valence-corrected chi connectivity index (χ0v) is 17.2. The number of nitrogens with one attached hydrogen (secondary N) is 1. The van der Waals surface area contributed by atoms with Gasteiger partial charge in [0.2, 0.25) is 10.0 Å². The van der Waals surface area contributed by atoms with Gasteiger partial charge in [0.05, 0.1) is 23.0 Å². The van der Waals surface area contributed by atoms with Crippen molar-refractivity contribution in [3.8, 4) is 0 Å². The highest BCUT2D eigenvalue weighted by atomic mass is 35.5. The molecule has 0 aliphatic carbocycles. The highest BCUT2D eigenvalue weighted by molar-refractivity contribution is 7.99. The molecule has 0 saturated heterocycles. The van der Waals surface area contributed by atoms with Gasteiger partial charge in [-0.2, -0.15) is 0 Å². The summed E-state index contributed by atoms with van der Waals surface area (Å²) in [5.74, 6) is 0.627. The monoisotopic (exact) mass is 435 g/mol. The van der Waals surface area contributed by atoms with E-state index in [9.17, 15) is 13.2 Å². The molecule has 1 aromatic heterocycles. The second-order valence-electron chi connectivity index (χ2n) is 6.57. The molecule has 1 N–H and O–H groups in total. The molecule has 1 aliphatic heterocycles. The lowest BCUT2D eigenvalue weighted by atomic mass is 10.1. The van der Waals surface area contributed by atoms with Gasteiger partial charge in [-0.1, -0.05) is 23.7 Å². The summed E-state index contributed by atoms with van der Waals surface area (Å²) in [4.78, 5) is 17.8. The van der Waals surface area contributed by atoms with Crippen LogP contribution in [0, 0.1) is 0 Å². The van der Waals surface area contributed by atoms with Gasteiger partial charge in [0.15, 0.2) is 0 Å². The summed E-state index contributed by atoms with van der Waals surface area (Å²) in [6.45, 7) is 0.0376. The van der Waals surface area contributed by atoms with Gasteiger partial charge in [0.1, 0.15) is 0 Å². The van der Waals surface area contributed by atoms with Gasteiger partial charge in [0.25, 0.3) is 5.56 Å². The van der Waals surface area contributed by atoms with Gasteiger partial charge in [-0.05, 0) is 48.1 Å². The summed E-state index contributed by atoms with van der Waals surface area (Å²) < 4.78 is 29.4. The first-order valence-corrected chi connectivity index (χ1v) is 11.8. The molecule has 6 nitrogen and oxygen atoms in total. The number of benzene rings is 2. The molecule has 0 unspecified atom stereocenters. The number of hydrogen-bond acceptors (Lipinski definition) is 5. The van der Waals surface area contributed by atoms with Gasteiger partial charge in [-0.15, -0.1) is 11.8 Å². The highest BCUT2D eigenvalue weighted by Crippen LogP contribution is 2.37. The van der Waals surface area contributed by atoms with E-state index in [1.54, 1.807) is 36.0 Å². The van der Waals surface area contributed by atoms with Crippen LogP contribution in [0.3, 0.4) is 0 Å². The van der Waals surface area contributed by atoms with Crippen LogP contribution in [0.15, 0.2) is 58.5 Å². The van der Waals surface area contributed by atoms with Crippen LogP contribution in [-0.2, 0) is 16.6 Å². The minimum atomic E-state index is -3.59. The molecule has 9 heteroatoms. The maximum Gasteiger partial charge on any atom is 0.261 e. The van der Waals surface area contributed by atoms with Crippen molar-refractivity contribution >= 4 is 44.3 Å². The standard InChI is InChI=1S/C19H18ClN3O3S2/c20-13-5-6-18-15(11-13)17(7-9-27-18)22-28(25,26)10-8-23-12-21-16-4-2-1-3-14(16)19(23)24/h1-6,11-12,17,22H,7-10H2/t17-/m1/s1. The van der Waals surface area contributed by atoms with Crippen molar-refractivity contribution in [2.24, 2.45) is 0 Å². The number of halogens is 1. The first-order valence-electron chi connectivity index (χ1n) is 8.79. The van der Waals surface area contributed by atoms with Gasteiger partial charge in [-0.3, -0.25) is 9.36 Å². The molecular formula is C19H18ClN3O3S2. The second-order valence-corrected chi connectivity index (χ2v) is 10.0. The van der Waals surface area contributed by atoms with Crippen LogP contribution in [0.25, 0.3) is 10.9 Å². The number of hydrogen-bond donors (Lipinski definition) is 1. The van der Waals surface area contributed by atoms with Gasteiger partial charge >= 0.3 is 0 Å². The molecule has 0 radical (unpaired) electrons. The number of nitrogens with zero attached hydrogens (tertiary/aromatic N) is 2. The third kappa shape index (κ3) is 4.10. The van der Waals surface area contributed by atoms with E-state index in [0.29, 0.717) is 22.3 Å². The Morgan fingerprint density at radius 2 is 2.07 bits per heavy atom. The van der Waals surface area contributed by atoms with E-state index in [2.05, 4.69) is 9.71 Å². The molecule has 1 aliphatic rings. The van der Waals surface area contributed by atoms with E-state index < -0.39 is 10.0 Å². The molecule has 28 heavy (non-hydrogen) atoms. The highest BCUT2D eigenvalue weighted by Gasteiger charge is 2.25. The smallest absolute Gasteiger partial charge is 0.261 e. The molecule has 0 saturated carbocycles. The van der Waals surface area contributed by atoms with Crippen LogP contribution in [0.1, 0.15) is 18.0 Å². The average Bonchev–Trinajstić information content (AvgIpc) is 2.68. The van der Waals surface area contributed by atoms with Crippen molar-refractivity contribution in [3.63, 3.8) is 0 Å². The molecule has 3 aromatic rings. The molecule has 146 valence electrons. The summed E-state index contributed by atoms with van der Waals surface area (Å²) in [5, 5.41) is 1.06. The van der Waals surface area contributed by atoms with E-state index in [-0.39, 0.29) is 23.9 Å². The summed E-state index contributed by atoms with van der Waals surface area (Å²) in [6.07, 6.45) is 2.08. The first kappa shape index (κ1) is 19.4. The topological polar surface area (TPSA) is 81.1 Å². The zero-order valence-electron chi connectivity index (χ0n) is 14.8.